The third-order valence-electron chi connectivity index (χ3n) is 3.66. The van der Waals surface area contributed by atoms with Crippen LogP contribution in [0, 0.1) is 0 Å². The molecule has 0 spiro atoms. The Morgan fingerprint density at radius 3 is 2.95 bits per heavy atom. The van der Waals surface area contributed by atoms with Gasteiger partial charge in [0.05, 0.1) is 12.2 Å². The molecule has 0 aliphatic carbocycles. The lowest BCUT2D eigenvalue weighted by molar-refractivity contribution is 0.0581. The second kappa shape index (κ2) is 6.54. The number of fused-ring (bicyclic) bond motifs is 1. The molecule has 1 heterocycles. The first kappa shape index (κ1) is 15.9. The molecule has 2 rings (SSSR count). The molecule has 1 aliphatic heterocycles. The Morgan fingerprint density at radius 2 is 2.24 bits per heavy atom. The van der Waals surface area contributed by atoms with Gasteiger partial charge in [0, 0.05) is 30.1 Å². The third-order valence-corrected chi connectivity index (χ3v) is 3.87. The van der Waals surface area contributed by atoms with E-state index in [1.807, 2.05) is 13.0 Å². The van der Waals surface area contributed by atoms with Crippen molar-refractivity contribution in [2.75, 3.05) is 13.2 Å². The van der Waals surface area contributed by atoms with Crippen LogP contribution in [0.3, 0.4) is 0 Å². The third kappa shape index (κ3) is 4.25. The Balaban J connectivity index is 1.90. The standard InChI is InChI=1S/C15H21ClN2O3/c1-3-15(2,20)9-18-14(19)17-8-11-7-12(16)6-10-4-5-21-13(10)11/h6-7,20H,3-5,8-9H2,1-2H3,(H2,17,18,19). The van der Waals surface area contributed by atoms with Crippen LogP contribution in [-0.2, 0) is 13.0 Å². The molecular formula is C15H21ClN2O3. The minimum atomic E-state index is -0.891. The molecule has 1 aliphatic rings. The fourth-order valence-corrected chi connectivity index (χ4v) is 2.37. The van der Waals surface area contributed by atoms with Crippen molar-refractivity contribution in [3.63, 3.8) is 0 Å². The summed E-state index contributed by atoms with van der Waals surface area (Å²) in [5, 5.41) is 15.9. The molecular weight excluding hydrogens is 292 g/mol. The molecule has 0 aromatic heterocycles. The second-order valence-electron chi connectivity index (χ2n) is 5.54. The molecule has 116 valence electrons. The van der Waals surface area contributed by atoms with Crippen molar-refractivity contribution >= 4 is 17.6 Å². The molecule has 1 aromatic carbocycles. The monoisotopic (exact) mass is 312 g/mol. The molecule has 0 radical (unpaired) electrons. The maximum Gasteiger partial charge on any atom is 0.315 e. The lowest BCUT2D eigenvalue weighted by Gasteiger charge is -2.21. The zero-order valence-corrected chi connectivity index (χ0v) is 13.1. The first-order valence-electron chi connectivity index (χ1n) is 7.09. The summed E-state index contributed by atoms with van der Waals surface area (Å²) < 4.78 is 5.58. The van der Waals surface area contributed by atoms with Gasteiger partial charge in [-0.25, -0.2) is 4.79 Å². The topological polar surface area (TPSA) is 70.6 Å². The van der Waals surface area contributed by atoms with Crippen LogP contribution in [0.15, 0.2) is 12.1 Å². The Bertz CT molecular complexity index is 532. The molecule has 0 saturated heterocycles. The first-order chi connectivity index (χ1) is 9.91. The van der Waals surface area contributed by atoms with E-state index in [2.05, 4.69) is 10.6 Å². The Morgan fingerprint density at radius 1 is 1.48 bits per heavy atom. The average Bonchev–Trinajstić information content (AvgIpc) is 2.90. The van der Waals surface area contributed by atoms with E-state index < -0.39 is 5.60 Å². The van der Waals surface area contributed by atoms with Crippen LogP contribution in [0.25, 0.3) is 0 Å². The van der Waals surface area contributed by atoms with E-state index in [1.165, 1.54) is 0 Å². The SMILES string of the molecule is CCC(C)(O)CNC(=O)NCc1cc(Cl)cc2c1OCC2. The van der Waals surface area contributed by atoms with Crippen molar-refractivity contribution < 1.29 is 14.6 Å². The number of hydrogen-bond acceptors (Lipinski definition) is 3. The van der Waals surface area contributed by atoms with Gasteiger partial charge in [-0.05, 0) is 31.0 Å². The summed E-state index contributed by atoms with van der Waals surface area (Å²) in [6.45, 7) is 4.74. The quantitative estimate of drug-likeness (QED) is 0.781. The Kier molecular flexibility index (Phi) is 4.96. The summed E-state index contributed by atoms with van der Waals surface area (Å²) >= 11 is 6.07. The van der Waals surface area contributed by atoms with Gasteiger partial charge in [0.25, 0.3) is 0 Å². The molecule has 6 heteroatoms. The van der Waals surface area contributed by atoms with Gasteiger partial charge in [-0.3, -0.25) is 0 Å². The zero-order valence-electron chi connectivity index (χ0n) is 12.3. The van der Waals surface area contributed by atoms with Crippen molar-refractivity contribution in [2.45, 2.75) is 38.8 Å². The molecule has 2 amide bonds. The van der Waals surface area contributed by atoms with Gasteiger partial charge < -0.3 is 20.5 Å². The number of benzene rings is 1. The number of amides is 2. The van der Waals surface area contributed by atoms with E-state index in [-0.39, 0.29) is 12.6 Å². The number of rotatable bonds is 5. The fraction of sp³-hybridized carbons (Fsp3) is 0.533. The summed E-state index contributed by atoms with van der Waals surface area (Å²) in [4.78, 5) is 11.8. The van der Waals surface area contributed by atoms with Gasteiger partial charge in [-0.15, -0.1) is 0 Å². The van der Waals surface area contributed by atoms with Crippen molar-refractivity contribution in [1.82, 2.24) is 10.6 Å². The minimum absolute atomic E-state index is 0.208. The van der Waals surface area contributed by atoms with Gasteiger partial charge in [0.1, 0.15) is 5.75 Å². The Labute approximate surface area is 129 Å². The molecule has 21 heavy (non-hydrogen) atoms. The van der Waals surface area contributed by atoms with E-state index in [0.717, 1.165) is 23.3 Å². The lowest BCUT2D eigenvalue weighted by Crippen LogP contribution is -2.44. The number of aliphatic hydroxyl groups is 1. The van der Waals surface area contributed by atoms with E-state index in [1.54, 1.807) is 13.0 Å². The van der Waals surface area contributed by atoms with Gasteiger partial charge in [0.15, 0.2) is 0 Å². The highest BCUT2D eigenvalue weighted by Crippen LogP contribution is 2.32. The number of urea groups is 1. The zero-order chi connectivity index (χ0) is 15.5. The van der Waals surface area contributed by atoms with Crippen molar-refractivity contribution in [1.29, 1.82) is 0 Å². The molecule has 1 unspecified atom stereocenters. The summed E-state index contributed by atoms with van der Waals surface area (Å²) in [5.74, 6) is 0.820. The normalized spacial score (nSPS) is 15.8. The highest BCUT2D eigenvalue weighted by molar-refractivity contribution is 6.30. The summed E-state index contributed by atoms with van der Waals surface area (Å²) in [6, 6.07) is 3.37. The summed E-state index contributed by atoms with van der Waals surface area (Å²) in [6.07, 6.45) is 1.41. The summed E-state index contributed by atoms with van der Waals surface area (Å²) in [7, 11) is 0. The Hall–Kier alpha value is -1.46. The van der Waals surface area contributed by atoms with Crippen LogP contribution >= 0.6 is 11.6 Å². The van der Waals surface area contributed by atoms with E-state index in [9.17, 15) is 9.90 Å². The number of halogens is 1. The van der Waals surface area contributed by atoms with Crippen molar-refractivity contribution in [3.05, 3.63) is 28.3 Å². The predicted molar refractivity (Wildman–Crippen MR) is 81.8 cm³/mol. The maximum absolute atomic E-state index is 11.8. The second-order valence-corrected chi connectivity index (χ2v) is 5.97. The fourth-order valence-electron chi connectivity index (χ4n) is 2.11. The highest BCUT2D eigenvalue weighted by atomic mass is 35.5. The van der Waals surface area contributed by atoms with Crippen molar-refractivity contribution in [3.8, 4) is 5.75 Å². The number of carbonyl (C=O) groups is 1. The van der Waals surface area contributed by atoms with Crippen LogP contribution in [0.5, 0.6) is 5.75 Å². The average molecular weight is 313 g/mol. The van der Waals surface area contributed by atoms with Crippen LogP contribution in [0.4, 0.5) is 4.79 Å². The molecule has 1 atom stereocenters. The van der Waals surface area contributed by atoms with E-state index in [0.29, 0.717) is 24.6 Å². The number of hydrogen-bond donors (Lipinski definition) is 3. The van der Waals surface area contributed by atoms with Gasteiger partial charge in [-0.2, -0.15) is 0 Å². The molecule has 5 nitrogen and oxygen atoms in total. The highest BCUT2D eigenvalue weighted by Gasteiger charge is 2.20. The van der Waals surface area contributed by atoms with Crippen molar-refractivity contribution in [2.24, 2.45) is 0 Å². The smallest absolute Gasteiger partial charge is 0.315 e. The van der Waals surface area contributed by atoms with E-state index >= 15 is 0 Å². The van der Waals surface area contributed by atoms with E-state index in [4.69, 9.17) is 16.3 Å². The van der Waals surface area contributed by atoms with Gasteiger partial charge in [0.2, 0.25) is 0 Å². The predicted octanol–water partition coefficient (Wildman–Crippen LogP) is 2.24. The molecule has 0 bridgehead atoms. The van der Waals surface area contributed by atoms with Gasteiger partial charge >= 0.3 is 6.03 Å². The number of carbonyl (C=O) groups excluding carboxylic acids is 1. The summed E-state index contributed by atoms with van der Waals surface area (Å²) in [5.41, 5.74) is 1.05. The molecule has 3 N–H and O–H groups in total. The lowest BCUT2D eigenvalue weighted by atomic mass is 10.0. The minimum Gasteiger partial charge on any atom is -0.493 e. The van der Waals surface area contributed by atoms with Crippen LogP contribution in [0.2, 0.25) is 5.02 Å². The first-order valence-corrected chi connectivity index (χ1v) is 7.47. The van der Waals surface area contributed by atoms with Crippen LogP contribution < -0.4 is 15.4 Å². The van der Waals surface area contributed by atoms with Gasteiger partial charge in [-0.1, -0.05) is 18.5 Å². The molecule has 1 aromatic rings. The number of nitrogens with one attached hydrogen (secondary N) is 2. The maximum atomic E-state index is 11.8. The van der Waals surface area contributed by atoms with Crippen LogP contribution in [0.1, 0.15) is 31.4 Å². The molecule has 0 saturated carbocycles. The largest absolute Gasteiger partial charge is 0.493 e. The number of ether oxygens (including phenoxy) is 1. The van der Waals surface area contributed by atoms with Crippen LogP contribution in [-0.4, -0.2) is 29.9 Å². The molecule has 0 fully saturated rings.